The van der Waals surface area contributed by atoms with Crippen molar-refractivity contribution in [3.63, 3.8) is 0 Å². The predicted octanol–water partition coefficient (Wildman–Crippen LogP) is 3.73. The van der Waals surface area contributed by atoms with E-state index in [4.69, 9.17) is 0 Å². The van der Waals surface area contributed by atoms with Crippen molar-refractivity contribution in [3.8, 4) is 0 Å². The van der Waals surface area contributed by atoms with Crippen LogP contribution in [0.15, 0.2) is 24.3 Å². The molecule has 6 rings (SSSR count). The summed E-state index contributed by atoms with van der Waals surface area (Å²) in [6.07, 6.45) is 6.59. The highest BCUT2D eigenvalue weighted by atomic mass is 35.5. The van der Waals surface area contributed by atoms with Gasteiger partial charge in [0.1, 0.15) is 0 Å². The lowest BCUT2D eigenvalue weighted by molar-refractivity contribution is -0.132. The van der Waals surface area contributed by atoms with E-state index in [1.54, 1.807) is 0 Å². The van der Waals surface area contributed by atoms with Crippen LogP contribution in [0.2, 0.25) is 0 Å². The van der Waals surface area contributed by atoms with Crippen molar-refractivity contribution in [3.05, 3.63) is 35.4 Å². The second kappa shape index (κ2) is 8.21. The highest BCUT2D eigenvalue weighted by Crippen LogP contribution is 2.57. The molecule has 0 aromatic heterocycles. The van der Waals surface area contributed by atoms with Gasteiger partial charge in [-0.05, 0) is 82.3 Å². The number of urea groups is 1. The van der Waals surface area contributed by atoms with Crippen molar-refractivity contribution in [1.29, 1.82) is 0 Å². The summed E-state index contributed by atoms with van der Waals surface area (Å²) in [5, 5.41) is 10.2. The van der Waals surface area contributed by atoms with E-state index in [9.17, 15) is 9.59 Å². The molecule has 1 aromatic rings. The molecule has 4 saturated carbocycles. The van der Waals surface area contributed by atoms with Gasteiger partial charge < -0.3 is 20.9 Å². The van der Waals surface area contributed by atoms with E-state index in [-0.39, 0.29) is 41.0 Å². The minimum atomic E-state index is -0.248. The third-order valence-electron chi connectivity index (χ3n) is 7.74. The maximum atomic E-state index is 13.0. The number of halogens is 1. The number of carbonyl (C=O) groups excluding carboxylic acids is 2. The largest absolute Gasteiger partial charge is 0.334 e. The van der Waals surface area contributed by atoms with Crippen molar-refractivity contribution >= 4 is 24.3 Å². The Bertz CT molecular complexity index is 857. The van der Waals surface area contributed by atoms with Crippen molar-refractivity contribution in [2.75, 3.05) is 6.54 Å². The van der Waals surface area contributed by atoms with Crippen molar-refractivity contribution in [2.45, 2.75) is 89.0 Å². The van der Waals surface area contributed by atoms with Gasteiger partial charge in [-0.3, -0.25) is 4.79 Å². The van der Waals surface area contributed by atoms with E-state index in [0.717, 1.165) is 32.1 Å². The number of fused-ring (bicyclic) bond motifs is 1. The molecule has 1 heterocycles. The van der Waals surface area contributed by atoms with Gasteiger partial charge in [-0.2, -0.15) is 0 Å². The first-order chi connectivity index (χ1) is 14.6. The molecule has 3 amide bonds. The molecule has 3 N–H and O–H groups in total. The Morgan fingerprint density at radius 1 is 1.00 bits per heavy atom. The second-order valence-corrected chi connectivity index (χ2v) is 11.7. The molecule has 1 aromatic carbocycles. The van der Waals surface area contributed by atoms with Crippen LogP contribution in [0.25, 0.3) is 0 Å². The van der Waals surface area contributed by atoms with Crippen LogP contribution in [-0.2, 0) is 17.9 Å². The minimum Gasteiger partial charge on any atom is -0.334 e. The summed E-state index contributed by atoms with van der Waals surface area (Å²) in [6, 6.07) is 8.27. The number of carbonyl (C=O) groups is 2. The molecule has 176 valence electrons. The highest BCUT2D eigenvalue weighted by Gasteiger charge is 2.58. The molecular weight excluding hydrogens is 424 g/mol. The third kappa shape index (κ3) is 4.62. The zero-order valence-corrected chi connectivity index (χ0v) is 20.3. The number of hydrogen-bond acceptors (Lipinski definition) is 3. The standard InChI is InChI=1S/C25H36N4O2.ClH/c1-23(2,3)27-22(31)28-25-11-17-8-18(12-25)10-24(9-17,16-25)26-13-21(30)29-14-19-6-4-5-7-20(19)15-29;/h4-7,17-18,26H,8-16H2,1-3H3,(H2,27,28,31);1H. The molecule has 0 radical (unpaired) electrons. The molecule has 4 bridgehead atoms. The molecule has 2 unspecified atom stereocenters. The molecule has 32 heavy (non-hydrogen) atoms. The smallest absolute Gasteiger partial charge is 0.315 e. The summed E-state index contributed by atoms with van der Waals surface area (Å²) in [4.78, 5) is 27.7. The molecular formula is C25H37ClN4O2. The molecule has 2 atom stereocenters. The number of benzene rings is 1. The van der Waals surface area contributed by atoms with Crippen molar-refractivity contribution in [1.82, 2.24) is 20.9 Å². The molecule has 1 aliphatic heterocycles. The number of nitrogens with one attached hydrogen (secondary N) is 3. The number of rotatable bonds is 4. The fourth-order valence-electron chi connectivity index (χ4n) is 7.11. The molecule has 0 spiro atoms. The maximum Gasteiger partial charge on any atom is 0.315 e. The van der Waals surface area contributed by atoms with Crippen LogP contribution in [-0.4, -0.2) is 40.0 Å². The van der Waals surface area contributed by atoms with Gasteiger partial charge in [0.2, 0.25) is 5.91 Å². The Labute approximate surface area is 197 Å². The lowest BCUT2D eigenvalue weighted by atomic mass is 9.50. The van der Waals surface area contributed by atoms with Gasteiger partial charge in [-0.25, -0.2) is 4.79 Å². The van der Waals surface area contributed by atoms with Gasteiger partial charge in [0.15, 0.2) is 0 Å². The van der Waals surface area contributed by atoms with E-state index in [2.05, 4.69) is 28.1 Å². The number of nitrogens with zero attached hydrogens (tertiary/aromatic N) is 1. The van der Waals surface area contributed by atoms with Gasteiger partial charge in [0.25, 0.3) is 0 Å². The highest BCUT2D eigenvalue weighted by molar-refractivity contribution is 5.85. The SMILES string of the molecule is CC(C)(C)NC(=O)NC12CC3CC(CC(NCC(=O)N4Cc5ccccc5C4)(C3)C1)C2.Cl. The van der Waals surface area contributed by atoms with Crippen LogP contribution in [0.5, 0.6) is 0 Å². The quantitative estimate of drug-likeness (QED) is 0.641. The molecule has 4 fully saturated rings. The minimum absolute atomic E-state index is 0. The maximum absolute atomic E-state index is 13.0. The summed E-state index contributed by atoms with van der Waals surface area (Å²) < 4.78 is 0. The average molecular weight is 461 g/mol. The Balaban J connectivity index is 0.00000245. The van der Waals surface area contributed by atoms with Crippen LogP contribution in [0.3, 0.4) is 0 Å². The Morgan fingerprint density at radius 3 is 2.12 bits per heavy atom. The van der Waals surface area contributed by atoms with Crippen LogP contribution in [0.1, 0.15) is 70.4 Å². The van der Waals surface area contributed by atoms with Crippen molar-refractivity contribution in [2.24, 2.45) is 11.8 Å². The second-order valence-electron chi connectivity index (χ2n) is 11.7. The van der Waals surface area contributed by atoms with Crippen LogP contribution in [0, 0.1) is 11.8 Å². The van der Waals surface area contributed by atoms with E-state index < -0.39 is 0 Å². The topological polar surface area (TPSA) is 73.5 Å². The Morgan fingerprint density at radius 2 is 1.56 bits per heavy atom. The lowest BCUT2D eigenvalue weighted by Crippen LogP contribution is -2.70. The summed E-state index contributed by atoms with van der Waals surface area (Å²) in [5.74, 6) is 1.45. The lowest BCUT2D eigenvalue weighted by Gasteiger charge is -2.62. The average Bonchev–Trinajstić information content (AvgIpc) is 3.07. The normalized spacial score (nSPS) is 32.3. The number of hydrogen-bond donors (Lipinski definition) is 3. The van der Waals surface area contributed by atoms with Gasteiger partial charge in [0, 0.05) is 29.7 Å². The van der Waals surface area contributed by atoms with E-state index in [0.29, 0.717) is 31.5 Å². The zero-order valence-electron chi connectivity index (χ0n) is 19.5. The van der Waals surface area contributed by atoms with E-state index in [1.165, 1.54) is 17.5 Å². The summed E-state index contributed by atoms with van der Waals surface area (Å²) in [6.45, 7) is 7.85. The fourth-order valence-corrected chi connectivity index (χ4v) is 7.11. The summed E-state index contributed by atoms with van der Waals surface area (Å²) in [7, 11) is 0. The molecule has 7 heteroatoms. The summed E-state index contributed by atoms with van der Waals surface area (Å²) >= 11 is 0. The molecule has 0 saturated heterocycles. The predicted molar refractivity (Wildman–Crippen MR) is 128 cm³/mol. The fraction of sp³-hybridized carbons (Fsp3) is 0.680. The molecule has 4 aliphatic carbocycles. The van der Waals surface area contributed by atoms with Crippen molar-refractivity contribution < 1.29 is 9.59 Å². The Hall–Kier alpha value is -1.79. The first-order valence-electron chi connectivity index (χ1n) is 11.8. The Kier molecular flexibility index (Phi) is 6.00. The van der Waals surface area contributed by atoms with Crippen LogP contribution >= 0.6 is 12.4 Å². The zero-order chi connectivity index (χ0) is 21.9. The van der Waals surface area contributed by atoms with Crippen LogP contribution < -0.4 is 16.0 Å². The van der Waals surface area contributed by atoms with Crippen LogP contribution in [0.4, 0.5) is 4.79 Å². The third-order valence-corrected chi connectivity index (χ3v) is 7.74. The molecule has 6 nitrogen and oxygen atoms in total. The van der Waals surface area contributed by atoms with Gasteiger partial charge >= 0.3 is 6.03 Å². The summed E-state index contributed by atoms with van der Waals surface area (Å²) in [5.41, 5.74) is 2.11. The first kappa shape index (κ1) is 23.4. The monoisotopic (exact) mass is 460 g/mol. The van der Waals surface area contributed by atoms with Gasteiger partial charge in [-0.15, -0.1) is 12.4 Å². The number of amides is 3. The van der Waals surface area contributed by atoms with E-state index in [1.807, 2.05) is 37.8 Å². The first-order valence-corrected chi connectivity index (χ1v) is 11.8. The molecule has 5 aliphatic rings. The van der Waals surface area contributed by atoms with E-state index >= 15 is 0 Å². The van der Waals surface area contributed by atoms with Gasteiger partial charge in [-0.1, -0.05) is 24.3 Å². The van der Waals surface area contributed by atoms with Gasteiger partial charge in [0.05, 0.1) is 6.54 Å².